The van der Waals surface area contributed by atoms with Gasteiger partial charge in [0, 0.05) is 37.8 Å². The lowest BCUT2D eigenvalue weighted by Gasteiger charge is -2.24. The van der Waals surface area contributed by atoms with E-state index in [9.17, 15) is 4.79 Å². The largest absolute Gasteiger partial charge is 0.493 e. The Kier molecular flexibility index (Phi) is 6.57. The van der Waals surface area contributed by atoms with Crippen LogP contribution in [0.15, 0.2) is 18.2 Å². The van der Waals surface area contributed by atoms with Crippen LogP contribution in [0.1, 0.15) is 35.6 Å². The third-order valence-electron chi connectivity index (χ3n) is 5.17. The Morgan fingerprint density at radius 2 is 1.86 bits per heavy atom. The van der Waals surface area contributed by atoms with Crippen molar-refractivity contribution in [2.45, 2.75) is 33.2 Å². The van der Waals surface area contributed by atoms with Crippen molar-refractivity contribution in [3.05, 3.63) is 28.8 Å². The summed E-state index contributed by atoms with van der Waals surface area (Å²) in [5, 5.41) is 0.820. The fourth-order valence-electron chi connectivity index (χ4n) is 3.49. The molecule has 0 N–H and O–H groups in total. The summed E-state index contributed by atoms with van der Waals surface area (Å²) in [6, 6.07) is 6.22. The van der Waals surface area contributed by atoms with E-state index in [0.717, 1.165) is 53.7 Å². The van der Waals surface area contributed by atoms with Gasteiger partial charge in [0.1, 0.15) is 9.88 Å². The molecule has 28 heavy (non-hydrogen) atoms. The van der Waals surface area contributed by atoms with E-state index in [-0.39, 0.29) is 5.91 Å². The van der Waals surface area contributed by atoms with E-state index < -0.39 is 0 Å². The first-order valence-electron chi connectivity index (χ1n) is 9.67. The number of thiazole rings is 1. The van der Waals surface area contributed by atoms with Crippen LogP contribution < -0.4 is 9.47 Å². The highest BCUT2D eigenvalue weighted by molar-refractivity contribution is 7.17. The first kappa shape index (κ1) is 20.6. The third kappa shape index (κ3) is 4.31. The third-order valence-corrected chi connectivity index (χ3v) is 6.36. The zero-order valence-electron chi connectivity index (χ0n) is 17.3. The number of carbonyl (C=O) groups excluding carboxylic acids is 1. The van der Waals surface area contributed by atoms with Crippen LogP contribution >= 0.6 is 11.3 Å². The van der Waals surface area contributed by atoms with Gasteiger partial charge in [0.15, 0.2) is 11.5 Å². The van der Waals surface area contributed by atoms with Gasteiger partial charge in [-0.3, -0.25) is 9.69 Å². The Morgan fingerprint density at radius 1 is 1.11 bits per heavy atom. The van der Waals surface area contributed by atoms with Crippen molar-refractivity contribution >= 4 is 17.2 Å². The second-order valence-electron chi connectivity index (χ2n) is 7.28. The monoisotopic (exact) mass is 403 g/mol. The molecule has 1 aliphatic rings. The number of hydrogen-bond donors (Lipinski definition) is 0. The van der Waals surface area contributed by atoms with Crippen LogP contribution in [0, 0.1) is 6.92 Å². The first-order chi connectivity index (χ1) is 13.4. The molecule has 6 nitrogen and oxygen atoms in total. The van der Waals surface area contributed by atoms with Crippen molar-refractivity contribution in [1.82, 2.24) is 14.8 Å². The number of rotatable bonds is 5. The van der Waals surface area contributed by atoms with Crippen LogP contribution in [0.3, 0.4) is 0 Å². The van der Waals surface area contributed by atoms with Gasteiger partial charge in [-0.2, -0.15) is 0 Å². The molecule has 1 aliphatic heterocycles. The Morgan fingerprint density at radius 3 is 2.54 bits per heavy atom. The quantitative estimate of drug-likeness (QED) is 0.762. The lowest BCUT2D eigenvalue weighted by Crippen LogP contribution is -2.37. The minimum Gasteiger partial charge on any atom is -0.493 e. The molecule has 0 aliphatic carbocycles. The maximum atomic E-state index is 13.2. The van der Waals surface area contributed by atoms with Crippen LogP contribution in [-0.4, -0.2) is 67.1 Å². The highest BCUT2D eigenvalue weighted by Crippen LogP contribution is 2.35. The molecule has 0 saturated carbocycles. The number of amides is 1. The number of ether oxygens (including phenoxy) is 2. The van der Waals surface area contributed by atoms with Crippen molar-refractivity contribution < 1.29 is 14.3 Å². The molecule has 1 amide bonds. The molecular weight excluding hydrogens is 374 g/mol. The molecular formula is C21H29N3O3S. The van der Waals surface area contributed by atoms with Crippen LogP contribution in [0.4, 0.5) is 0 Å². The first-order valence-corrected chi connectivity index (χ1v) is 10.5. The van der Waals surface area contributed by atoms with E-state index in [2.05, 4.69) is 23.7 Å². The normalized spacial score (nSPS) is 15.6. The zero-order valence-corrected chi connectivity index (χ0v) is 18.1. The van der Waals surface area contributed by atoms with Gasteiger partial charge in [-0.25, -0.2) is 4.98 Å². The average Bonchev–Trinajstić information content (AvgIpc) is 2.92. The molecule has 1 aromatic carbocycles. The lowest BCUT2D eigenvalue weighted by atomic mass is 10.2. The molecule has 0 spiro atoms. The van der Waals surface area contributed by atoms with E-state index >= 15 is 0 Å². The number of aromatic nitrogens is 1. The molecule has 2 aromatic rings. The molecule has 1 fully saturated rings. The van der Waals surface area contributed by atoms with Crippen molar-refractivity contribution in [3.8, 4) is 22.1 Å². The Bertz CT molecular complexity index is 834. The average molecular weight is 404 g/mol. The molecule has 0 atom stereocenters. The number of benzene rings is 1. The van der Waals surface area contributed by atoms with E-state index in [1.54, 1.807) is 14.2 Å². The van der Waals surface area contributed by atoms with Crippen LogP contribution in [0.25, 0.3) is 10.6 Å². The van der Waals surface area contributed by atoms with Crippen LogP contribution in [0.2, 0.25) is 0 Å². The van der Waals surface area contributed by atoms with E-state index in [0.29, 0.717) is 17.5 Å². The summed E-state index contributed by atoms with van der Waals surface area (Å²) in [6.07, 6.45) is 1.00. The number of carbonyl (C=O) groups is 1. The van der Waals surface area contributed by atoms with Gasteiger partial charge in [0.25, 0.3) is 5.91 Å². The van der Waals surface area contributed by atoms with Gasteiger partial charge >= 0.3 is 0 Å². The molecule has 0 bridgehead atoms. The summed E-state index contributed by atoms with van der Waals surface area (Å²) in [4.78, 5) is 22.9. The van der Waals surface area contributed by atoms with Crippen molar-refractivity contribution in [3.63, 3.8) is 0 Å². The Labute approximate surface area is 171 Å². The standard InChI is InChI=1S/C21H29N3O3S/c1-14(2)23-9-6-10-24(12-11-23)21(25)19-15(3)22-20(28-19)16-7-8-17(26-4)18(13-16)27-5/h7-8,13-14H,6,9-12H2,1-5H3. The summed E-state index contributed by atoms with van der Waals surface area (Å²) >= 11 is 1.45. The number of methoxy groups -OCH3 is 2. The summed E-state index contributed by atoms with van der Waals surface area (Å²) in [7, 11) is 3.23. The predicted octanol–water partition coefficient (Wildman–Crippen LogP) is 3.69. The minimum absolute atomic E-state index is 0.0901. The van der Waals surface area contributed by atoms with Gasteiger partial charge in [-0.15, -0.1) is 11.3 Å². The molecule has 3 rings (SSSR count). The van der Waals surface area contributed by atoms with Gasteiger partial charge in [0.2, 0.25) is 0 Å². The molecule has 152 valence electrons. The Hall–Kier alpha value is -2.12. The highest BCUT2D eigenvalue weighted by atomic mass is 32.1. The number of nitrogens with zero attached hydrogens (tertiary/aromatic N) is 3. The molecule has 0 unspecified atom stereocenters. The van der Waals surface area contributed by atoms with E-state index in [1.807, 2.05) is 30.0 Å². The molecule has 2 heterocycles. The summed E-state index contributed by atoms with van der Waals surface area (Å²) in [6.45, 7) is 9.85. The maximum absolute atomic E-state index is 13.2. The van der Waals surface area contributed by atoms with Crippen molar-refractivity contribution in [2.24, 2.45) is 0 Å². The van der Waals surface area contributed by atoms with Crippen LogP contribution in [0.5, 0.6) is 11.5 Å². The SMILES string of the molecule is COc1ccc(-c2nc(C)c(C(=O)N3CCCN(C(C)C)CC3)s2)cc1OC. The Balaban J connectivity index is 1.81. The summed E-state index contributed by atoms with van der Waals surface area (Å²) < 4.78 is 10.7. The topological polar surface area (TPSA) is 54.9 Å². The fourth-order valence-corrected chi connectivity index (χ4v) is 4.52. The fraction of sp³-hybridized carbons (Fsp3) is 0.524. The van der Waals surface area contributed by atoms with Crippen molar-refractivity contribution in [2.75, 3.05) is 40.4 Å². The number of hydrogen-bond acceptors (Lipinski definition) is 6. The molecule has 1 aromatic heterocycles. The van der Waals surface area contributed by atoms with Crippen LogP contribution in [-0.2, 0) is 0 Å². The summed E-state index contributed by atoms with van der Waals surface area (Å²) in [5.74, 6) is 1.42. The molecule has 7 heteroatoms. The predicted molar refractivity (Wildman–Crippen MR) is 113 cm³/mol. The van der Waals surface area contributed by atoms with Gasteiger partial charge < -0.3 is 14.4 Å². The second-order valence-corrected chi connectivity index (χ2v) is 8.28. The minimum atomic E-state index is 0.0901. The smallest absolute Gasteiger partial charge is 0.265 e. The van der Waals surface area contributed by atoms with E-state index in [4.69, 9.17) is 9.47 Å². The number of aryl methyl sites for hydroxylation is 1. The van der Waals surface area contributed by atoms with Crippen molar-refractivity contribution in [1.29, 1.82) is 0 Å². The van der Waals surface area contributed by atoms with E-state index in [1.165, 1.54) is 11.3 Å². The van der Waals surface area contributed by atoms with Gasteiger partial charge in [-0.05, 0) is 45.4 Å². The zero-order chi connectivity index (χ0) is 20.3. The second kappa shape index (κ2) is 8.92. The molecule has 1 saturated heterocycles. The van der Waals surface area contributed by atoms with Gasteiger partial charge in [-0.1, -0.05) is 0 Å². The summed E-state index contributed by atoms with van der Waals surface area (Å²) in [5.41, 5.74) is 1.70. The lowest BCUT2D eigenvalue weighted by molar-refractivity contribution is 0.0763. The highest BCUT2D eigenvalue weighted by Gasteiger charge is 2.25. The van der Waals surface area contributed by atoms with Gasteiger partial charge in [0.05, 0.1) is 19.9 Å². The molecule has 0 radical (unpaired) electrons. The maximum Gasteiger partial charge on any atom is 0.265 e.